The van der Waals surface area contributed by atoms with E-state index in [4.69, 9.17) is 0 Å². The van der Waals surface area contributed by atoms with Gasteiger partial charge in [-0.05, 0) is 93.0 Å². The van der Waals surface area contributed by atoms with Crippen LogP contribution in [0, 0.1) is 0 Å². The maximum absolute atomic E-state index is 2.66. The van der Waals surface area contributed by atoms with E-state index < -0.39 is 0 Å². The molecule has 0 N–H and O–H groups in total. The predicted octanol–water partition coefficient (Wildman–Crippen LogP) is 9.99. The largest absolute Gasteiger partial charge is 0.334 e. The number of hydrogen-bond donors (Lipinski definition) is 0. The second kappa shape index (κ2) is 7.35. The van der Waals surface area contributed by atoms with Crippen LogP contribution in [0.4, 0.5) is 11.4 Å². The van der Waals surface area contributed by atoms with Crippen LogP contribution < -0.4 is 4.90 Å². The van der Waals surface area contributed by atoms with Gasteiger partial charge in [-0.15, -0.1) is 0 Å². The summed E-state index contributed by atoms with van der Waals surface area (Å²) in [5.41, 5.74) is 7.09. The molecule has 0 spiro atoms. The summed E-state index contributed by atoms with van der Waals surface area (Å²) in [6, 6.07) is 38.9. The summed E-state index contributed by atoms with van der Waals surface area (Å²) in [7, 11) is 0. The van der Waals surface area contributed by atoms with E-state index in [1.807, 2.05) is 0 Å². The van der Waals surface area contributed by atoms with Gasteiger partial charge in [-0.2, -0.15) is 0 Å². The first-order valence-electron chi connectivity index (χ1n) is 13.8. The van der Waals surface area contributed by atoms with Gasteiger partial charge in [0.1, 0.15) is 0 Å². The van der Waals surface area contributed by atoms with E-state index in [2.05, 4.69) is 122 Å². The van der Waals surface area contributed by atoms with Crippen molar-refractivity contribution in [2.75, 3.05) is 4.90 Å². The zero-order valence-corrected chi connectivity index (χ0v) is 21.6. The van der Waals surface area contributed by atoms with Crippen molar-refractivity contribution in [3.8, 4) is 11.1 Å². The fraction of sp³-hybridized carbons (Fsp3) is 0.222. The van der Waals surface area contributed by atoms with Crippen LogP contribution in [0.2, 0.25) is 0 Å². The number of para-hydroxylation sites is 1. The Bertz CT molecular complexity index is 1800. The molecular formula is C36H31N. The molecular weight excluding hydrogens is 446 g/mol. The van der Waals surface area contributed by atoms with Gasteiger partial charge in [-0.3, -0.25) is 0 Å². The lowest BCUT2D eigenvalue weighted by atomic mass is 9.61. The van der Waals surface area contributed by atoms with Gasteiger partial charge in [0.15, 0.2) is 0 Å². The Kier molecular flexibility index (Phi) is 4.23. The fourth-order valence-corrected chi connectivity index (χ4v) is 7.87. The van der Waals surface area contributed by atoms with Crippen LogP contribution in [0.1, 0.15) is 45.1 Å². The molecule has 37 heavy (non-hydrogen) atoms. The van der Waals surface area contributed by atoms with E-state index in [1.54, 1.807) is 0 Å². The molecule has 2 unspecified atom stereocenters. The SMILES string of the molecule is CC12CCCCC1(C)N(c1ccccc1)c1ccc(-c3ccc4ccc5cccc6ccc3c4c56)cc12. The van der Waals surface area contributed by atoms with E-state index in [0.717, 1.165) is 0 Å². The van der Waals surface area contributed by atoms with Crippen LogP contribution in [0.5, 0.6) is 0 Å². The number of anilines is 2. The molecule has 1 nitrogen and oxygen atoms in total. The Labute approximate surface area is 218 Å². The quantitative estimate of drug-likeness (QED) is 0.224. The Morgan fingerprint density at radius 3 is 2.14 bits per heavy atom. The summed E-state index contributed by atoms with van der Waals surface area (Å²) in [5, 5.41) is 8.12. The lowest BCUT2D eigenvalue weighted by molar-refractivity contribution is 0.195. The van der Waals surface area contributed by atoms with Crippen LogP contribution in [-0.2, 0) is 5.41 Å². The van der Waals surface area contributed by atoms with Crippen molar-refractivity contribution >= 4 is 43.7 Å². The maximum Gasteiger partial charge on any atom is 0.0517 e. The minimum atomic E-state index is 0.0796. The molecule has 1 aliphatic heterocycles. The van der Waals surface area contributed by atoms with Gasteiger partial charge >= 0.3 is 0 Å². The predicted molar refractivity (Wildman–Crippen MR) is 158 cm³/mol. The third-order valence-corrected chi connectivity index (χ3v) is 9.96. The number of rotatable bonds is 2. The second-order valence-corrected chi connectivity index (χ2v) is 11.7. The van der Waals surface area contributed by atoms with Crippen LogP contribution in [0.25, 0.3) is 43.4 Å². The topological polar surface area (TPSA) is 3.24 Å². The maximum atomic E-state index is 2.66. The van der Waals surface area contributed by atoms with Crippen molar-refractivity contribution < 1.29 is 0 Å². The van der Waals surface area contributed by atoms with E-state index >= 15 is 0 Å². The molecule has 2 aliphatic rings. The van der Waals surface area contributed by atoms with E-state index in [-0.39, 0.29) is 11.0 Å². The number of fused-ring (bicyclic) bond motifs is 3. The highest BCUT2D eigenvalue weighted by atomic mass is 15.2. The zero-order chi connectivity index (χ0) is 24.8. The lowest BCUT2D eigenvalue weighted by Gasteiger charge is -2.50. The van der Waals surface area contributed by atoms with Gasteiger partial charge < -0.3 is 4.90 Å². The van der Waals surface area contributed by atoms with Gasteiger partial charge in [0.2, 0.25) is 0 Å². The Balaban J connectivity index is 1.38. The number of benzene rings is 6. The molecule has 1 aliphatic carbocycles. The zero-order valence-electron chi connectivity index (χ0n) is 21.6. The molecule has 8 rings (SSSR count). The Morgan fingerprint density at radius 1 is 0.622 bits per heavy atom. The van der Waals surface area contributed by atoms with Gasteiger partial charge in [-0.1, -0.05) is 98.6 Å². The molecule has 0 saturated heterocycles. The van der Waals surface area contributed by atoms with E-state index in [1.165, 1.54) is 86.1 Å². The highest BCUT2D eigenvalue weighted by Crippen LogP contribution is 2.61. The molecule has 2 atom stereocenters. The molecule has 0 amide bonds. The van der Waals surface area contributed by atoms with E-state index in [0.29, 0.717) is 0 Å². The second-order valence-electron chi connectivity index (χ2n) is 11.7. The van der Waals surface area contributed by atoms with Crippen LogP contribution >= 0.6 is 0 Å². The first-order valence-corrected chi connectivity index (χ1v) is 13.8. The number of hydrogen-bond acceptors (Lipinski definition) is 1. The van der Waals surface area contributed by atoms with Crippen molar-refractivity contribution in [3.63, 3.8) is 0 Å². The minimum absolute atomic E-state index is 0.0796. The molecule has 1 heterocycles. The Hall–Kier alpha value is -3.84. The molecule has 180 valence electrons. The van der Waals surface area contributed by atoms with Crippen LogP contribution in [0.3, 0.4) is 0 Å². The van der Waals surface area contributed by atoms with Gasteiger partial charge in [0.05, 0.1) is 5.54 Å². The van der Waals surface area contributed by atoms with Gasteiger partial charge in [0, 0.05) is 16.8 Å². The van der Waals surface area contributed by atoms with Crippen molar-refractivity contribution in [2.24, 2.45) is 0 Å². The third-order valence-electron chi connectivity index (χ3n) is 9.96. The summed E-state index contributed by atoms with van der Waals surface area (Å²) < 4.78 is 0. The summed E-state index contributed by atoms with van der Waals surface area (Å²) in [5.74, 6) is 0. The first-order chi connectivity index (χ1) is 18.1. The number of nitrogens with zero attached hydrogens (tertiary/aromatic N) is 1. The average Bonchev–Trinajstić information content (AvgIpc) is 3.15. The molecule has 1 fully saturated rings. The van der Waals surface area contributed by atoms with Crippen molar-refractivity contribution in [3.05, 3.63) is 109 Å². The van der Waals surface area contributed by atoms with Crippen molar-refractivity contribution in [2.45, 2.75) is 50.5 Å². The lowest BCUT2D eigenvalue weighted by Crippen LogP contribution is -2.54. The normalized spacial score (nSPS) is 23.1. The molecule has 6 aromatic carbocycles. The summed E-state index contributed by atoms with van der Waals surface area (Å²) >= 11 is 0. The van der Waals surface area contributed by atoms with E-state index in [9.17, 15) is 0 Å². The molecule has 1 heteroatoms. The minimum Gasteiger partial charge on any atom is -0.334 e. The molecule has 0 bridgehead atoms. The van der Waals surface area contributed by atoms with Crippen LogP contribution in [0.15, 0.2) is 103 Å². The van der Waals surface area contributed by atoms with Crippen LogP contribution in [-0.4, -0.2) is 5.54 Å². The Morgan fingerprint density at radius 2 is 1.32 bits per heavy atom. The highest BCUT2D eigenvalue weighted by molar-refractivity contribution is 6.25. The van der Waals surface area contributed by atoms with Gasteiger partial charge in [0.25, 0.3) is 0 Å². The molecule has 1 saturated carbocycles. The third kappa shape index (κ3) is 2.70. The molecule has 0 aromatic heterocycles. The fourth-order valence-electron chi connectivity index (χ4n) is 7.87. The summed E-state index contributed by atoms with van der Waals surface area (Å²) in [6.45, 7) is 5.04. The molecule has 0 radical (unpaired) electrons. The average molecular weight is 478 g/mol. The first kappa shape index (κ1) is 21.3. The van der Waals surface area contributed by atoms with Crippen molar-refractivity contribution in [1.82, 2.24) is 0 Å². The smallest absolute Gasteiger partial charge is 0.0517 e. The molecule has 6 aromatic rings. The highest BCUT2D eigenvalue weighted by Gasteiger charge is 2.57. The van der Waals surface area contributed by atoms with Gasteiger partial charge in [-0.25, -0.2) is 0 Å². The monoisotopic (exact) mass is 477 g/mol. The van der Waals surface area contributed by atoms with Crippen molar-refractivity contribution in [1.29, 1.82) is 0 Å². The standard InChI is InChI=1S/C36H31N/c1-35-21-6-7-22-36(35,2)37(28-11-4-3-5-12-28)32-20-17-27(23-31(32)35)29-18-15-26-14-13-24-9-8-10-25-16-19-30(29)34(26)33(24)25/h3-5,8-20,23H,6-7,21-22H2,1-2H3. The summed E-state index contributed by atoms with van der Waals surface area (Å²) in [6.07, 6.45) is 5.06. The summed E-state index contributed by atoms with van der Waals surface area (Å²) in [4.78, 5) is 2.66.